The summed E-state index contributed by atoms with van der Waals surface area (Å²) in [4.78, 5) is 2.14. The number of hydrogen-bond acceptors (Lipinski definition) is 2. The van der Waals surface area contributed by atoms with Crippen LogP contribution < -0.4 is 5.73 Å². The Hall–Kier alpha value is -1.24. The van der Waals surface area contributed by atoms with Gasteiger partial charge in [0.15, 0.2) is 0 Å². The van der Waals surface area contributed by atoms with E-state index in [1.54, 1.807) is 0 Å². The second kappa shape index (κ2) is 8.85. The van der Waals surface area contributed by atoms with Gasteiger partial charge in [-0.05, 0) is 19.2 Å². The third-order valence-electron chi connectivity index (χ3n) is 1.47. The largest absolute Gasteiger partial charge is 0.370 e. The Balaban J connectivity index is 3.93. The highest BCUT2D eigenvalue weighted by Gasteiger charge is 1.90. The number of allylic oxidation sites excluding steroid dienone is 1. The van der Waals surface area contributed by atoms with Crippen molar-refractivity contribution in [2.75, 3.05) is 19.6 Å². The van der Waals surface area contributed by atoms with Gasteiger partial charge in [0, 0.05) is 19.6 Å². The third-order valence-corrected chi connectivity index (χ3v) is 1.47. The average molecular weight is 178 g/mol. The van der Waals surface area contributed by atoms with Gasteiger partial charge < -0.3 is 10.6 Å². The molecule has 2 N–H and O–H groups in total. The van der Waals surface area contributed by atoms with Gasteiger partial charge in [-0.1, -0.05) is 24.8 Å². The maximum absolute atomic E-state index is 5.34. The Morgan fingerprint density at radius 2 is 2.15 bits per heavy atom. The van der Waals surface area contributed by atoms with Crippen LogP contribution in [-0.4, -0.2) is 24.5 Å². The zero-order valence-electron chi connectivity index (χ0n) is 8.24. The zero-order chi connectivity index (χ0) is 9.94. The lowest BCUT2D eigenvalue weighted by Gasteiger charge is -2.15. The van der Waals surface area contributed by atoms with Crippen LogP contribution in [0.25, 0.3) is 0 Å². The van der Waals surface area contributed by atoms with E-state index in [9.17, 15) is 0 Å². The molecule has 0 unspecified atom stereocenters. The van der Waals surface area contributed by atoms with E-state index < -0.39 is 0 Å². The van der Waals surface area contributed by atoms with Gasteiger partial charge in [-0.2, -0.15) is 0 Å². The Kier molecular flexibility index (Phi) is 8.01. The summed E-state index contributed by atoms with van der Waals surface area (Å²) in [6, 6.07) is 0. The SMILES string of the molecule is C=C=CCN(C=CC)CC=CCN. The van der Waals surface area contributed by atoms with Crippen molar-refractivity contribution < 1.29 is 0 Å². The highest BCUT2D eigenvalue weighted by Crippen LogP contribution is 1.91. The van der Waals surface area contributed by atoms with Crippen LogP contribution >= 0.6 is 0 Å². The van der Waals surface area contributed by atoms with Gasteiger partial charge in [-0.25, -0.2) is 0 Å². The Morgan fingerprint density at radius 3 is 2.69 bits per heavy atom. The second-order valence-corrected chi connectivity index (χ2v) is 2.55. The molecule has 0 aromatic rings. The smallest absolute Gasteiger partial charge is 0.0431 e. The molecule has 0 spiro atoms. The van der Waals surface area contributed by atoms with Gasteiger partial charge in [0.1, 0.15) is 0 Å². The van der Waals surface area contributed by atoms with E-state index in [1.807, 2.05) is 31.4 Å². The minimum absolute atomic E-state index is 0.598. The minimum Gasteiger partial charge on any atom is -0.370 e. The van der Waals surface area contributed by atoms with Crippen molar-refractivity contribution in [2.45, 2.75) is 6.92 Å². The van der Waals surface area contributed by atoms with E-state index in [4.69, 9.17) is 5.73 Å². The van der Waals surface area contributed by atoms with Gasteiger partial charge >= 0.3 is 0 Å². The van der Waals surface area contributed by atoms with Gasteiger partial charge in [-0.15, -0.1) is 5.73 Å². The van der Waals surface area contributed by atoms with Gasteiger partial charge in [-0.3, -0.25) is 0 Å². The summed E-state index contributed by atoms with van der Waals surface area (Å²) in [6.07, 6.45) is 9.95. The van der Waals surface area contributed by atoms with E-state index in [1.165, 1.54) is 0 Å². The molecule has 0 rings (SSSR count). The first-order chi connectivity index (χ1) is 6.35. The summed E-state index contributed by atoms with van der Waals surface area (Å²) in [5.74, 6) is 0. The first kappa shape index (κ1) is 11.8. The molecule has 0 amide bonds. The normalized spacial score (nSPS) is 10.6. The zero-order valence-corrected chi connectivity index (χ0v) is 8.24. The van der Waals surface area contributed by atoms with E-state index in [0.29, 0.717) is 6.54 Å². The molecule has 0 heterocycles. The molecular formula is C11H18N2. The van der Waals surface area contributed by atoms with Gasteiger partial charge in [0.25, 0.3) is 0 Å². The summed E-state index contributed by atoms with van der Waals surface area (Å²) in [7, 11) is 0. The molecule has 13 heavy (non-hydrogen) atoms. The summed E-state index contributed by atoms with van der Waals surface area (Å²) < 4.78 is 0. The maximum Gasteiger partial charge on any atom is 0.0431 e. The molecule has 0 saturated heterocycles. The van der Waals surface area contributed by atoms with E-state index in [2.05, 4.69) is 23.3 Å². The van der Waals surface area contributed by atoms with Crippen molar-refractivity contribution in [2.24, 2.45) is 5.73 Å². The molecule has 72 valence electrons. The fourth-order valence-corrected chi connectivity index (χ4v) is 0.895. The van der Waals surface area contributed by atoms with Crippen LogP contribution in [0.15, 0.2) is 42.8 Å². The quantitative estimate of drug-likeness (QED) is 0.495. The van der Waals surface area contributed by atoms with Crippen LogP contribution in [-0.2, 0) is 0 Å². The topological polar surface area (TPSA) is 29.3 Å². The molecule has 0 aromatic carbocycles. The predicted molar refractivity (Wildman–Crippen MR) is 58.3 cm³/mol. The summed E-state index contributed by atoms with van der Waals surface area (Å²) in [5.41, 5.74) is 8.08. The second-order valence-electron chi connectivity index (χ2n) is 2.55. The molecule has 0 bridgehead atoms. The fraction of sp³-hybridized carbons (Fsp3) is 0.364. The lowest BCUT2D eigenvalue weighted by molar-refractivity contribution is 0.461. The number of nitrogens with zero attached hydrogens (tertiary/aromatic N) is 1. The summed E-state index contributed by atoms with van der Waals surface area (Å²) in [5, 5.41) is 0. The van der Waals surface area contributed by atoms with Crippen LogP contribution in [0.5, 0.6) is 0 Å². The van der Waals surface area contributed by atoms with E-state index >= 15 is 0 Å². The van der Waals surface area contributed by atoms with Crippen molar-refractivity contribution >= 4 is 0 Å². The van der Waals surface area contributed by atoms with Crippen molar-refractivity contribution in [3.8, 4) is 0 Å². The van der Waals surface area contributed by atoms with Crippen LogP contribution in [0.1, 0.15) is 6.92 Å². The molecule has 0 aliphatic carbocycles. The van der Waals surface area contributed by atoms with E-state index in [-0.39, 0.29) is 0 Å². The van der Waals surface area contributed by atoms with Crippen molar-refractivity contribution in [3.05, 3.63) is 42.8 Å². The van der Waals surface area contributed by atoms with E-state index in [0.717, 1.165) is 13.1 Å². The monoisotopic (exact) mass is 178 g/mol. The van der Waals surface area contributed by atoms with Gasteiger partial charge in [0.2, 0.25) is 0 Å². The standard InChI is InChI=1S/C11H18N2/c1-3-5-10-13(9-4-2)11-7-6-8-12/h4-7,9H,1,8,10-12H2,2H3. The number of nitrogens with two attached hydrogens (primary N) is 1. The lowest BCUT2D eigenvalue weighted by atomic mass is 10.4. The first-order valence-electron chi connectivity index (χ1n) is 4.41. The maximum atomic E-state index is 5.34. The van der Waals surface area contributed by atoms with Crippen LogP contribution in [0.2, 0.25) is 0 Å². The first-order valence-corrected chi connectivity index (χ1v) is 4.41. The summed E-state index contributed by atoms with van der Waals surface area (Å²) in [6.45, 7) is 7.83. The highest BCUT2D eigenvalue weighted by atomic mass is 15.1. The molecule has 0 aromatic heterocycles. The number of hydrogen-bond donors (Lipinski definition) is 1. The molecule has 2 heteroatoms. The molecule has 0 radical (unpaired) electrons. The fourth-order valence-electron chi connectivity index (χ4n) is 0.895. The highest BCUT2D eigenvalue weighted by molar-refractivity contribution is 4.93. The average Bonchev–Trinajstić information content (AvgIpc) is 2.14. The summed E-state index contributed by atoms with van der Waals surface area (Å²) >= 11 is 0. The predicted octanol–water partition coefficient (Wildman–Crippen LogP) is 1.68. The molecule has 0 aliphatic heterocycles. The Labute approximate surface area is 80.7 Å². The Bertz CT molecular complexity index is 210. The van der Waals surface area contributed by atoms with Gasteiger partial charge in [0.05, 0.1) is 0 Å². The lowest BCUT2D eigenvalue weighted by Crippen LogP contribution is -2.17. The molecule has 0 aliphatic rings. The molecular weight excluding hydrogens is 160 g/mol. The van der Waals surface area contributed by atoms with Crippen LogP contribution in [0.3, 0.4) is 0 Å². The molecule has 2 nitrogen and oxygen atoms in total. The van der Waals surface area contributed by atoms with Crippen molar-refractivity contribution in [1.82, 2.24) is 4.90 Å². The third kappa shape index (κ3) is 7.13. The van der Waals surface area contributed by atoms with Crippen LogP contribution in [0.4, 0.5) is 0 Å². The molecule has 0 atom stereocenters. The number of rotatable bonds is 6. The molecule has 0 fully saturated rings. The molecule has 0 saturated carbocycles. The van der Waals surface area contributed by atoms with Crippen molar-refractivity contribution in [3.63, 3.8) is 0 Å². The van der Waals surface area contributed by atoms with Crippen molar-refractivity contribution in [1.29, 1.82) is 0 Å². The Morgan fingerprint density at radius 1 is 1.38 bits per heavy atom. The van der Waals surface area contributed by atoms with Crippen LogP contribution in [0, 0.1) is 0 Å². The minimum atomic E-state index is 0.598.